The second-order valence-electron chi connectivity index (χ2n) is 4.21. The van der Waals surface area contributed by atoms with E-state index in [1.807, 2.05) is 30.9 Å². The quantitative estimate of drug-likeness (QED) is 0.565. The van der Waals surface area contributed by atoms with Crippen LogP contribution in [0.15, 0.2) is 29.2 Å². The molecule has 0 amide bonds. The molecule has 17 heavy (non-hydrogen) atoms. The standard InChI is InChI=1S/C14H23NOS/c1-12(15-2)7-4-5-10-17-14-9-6-8-13(11-14)16-3/h6,8-9,11-12,15H,4-5,7,10H2,1-3H3. The maximum Gasteiger partial charge on any atom is 0.119 e. The van der Waals surface area contributed by atoms with Gasteiger partial charge >= 0.3 is 0 Å². The lowest BCUT2D eigenvalue weighted by Gasteiger charge is -2.09. The fraction of sp³-hybridized carbons (Fsp3) is 0.571. The number of benzene rings is 1. The van der Waals surface area contributed by atoms with Gasteiger partial charge in [-0.3, -0.25) is 0 Å². The molecule has 0 aliphatic carbocycles. The van der Waals surface area contributed by atoms with Crippen LogP contribution in [-0.4, -0.2) is 26.0 Å². The highest BCUT2D eigenvalue weighted by Gasteiger charge is 1.99. The molecule has 1 N–H and O–H groups in total. The summed E-state index contributed by atoms with van der Waals surface area (Å²) in [7, 11) is 3.73. The average molecular weight is 253 g/mol. The molecule has 1 aromatic rings. The molecule has 1 unspecified atom stereocenters. The molecule has 0 aliphatic rings. The topological polar surface area (TPSA) is 21.3 Å². The Hall–Kier alpha value is -0.670. The van der Waals surface area contributed by atoms with E-state index in [0.29, 0.717) is 6.04 Å². The summed E-state index contributed by atoms with van der Waals surface area (Å²) in [5, 5.41) is 3.27. The highest BCUT2D eigenvalue weighted by atomic mass is 32.2. The van der Waals surface area contributed by atoms with E-state index in [0.717, 1.165) is 5.75 Å². The molecule has 2 nitrogen and oxygen atoms in total. The molecule has 0 saturated heterocycles. The van der Waals surface area contributed by atoms with Crippen molar-refractivity contribution in [2.45, 2.75) is 37.1 Å². The maximum atomic E-state index is 5.21. The van der Waals surface area contributed by atoms with Crippen molar-refractivity contribution in [2.24, 2.45) is 0 Å². The first-order chi connectivity index (χ1) is 8.26. The number of rotatable bonds is 8. The number of ether oxygens (including phenoxy) is 1. The summed E-state index contributed by atoms with van der Waals surface area (Å²) in [4.78, 5) is 1.30. The molecule has 0 aliphatic heterocycles. The van der Waals surface area contributed by atoms with E-state index < -0.39 is 0 Å². The second kappa shape index (κ2) is 8.43. The summed E-state index contributed by atoms with van der Waals surface area (Å²) in [5.74, 6) is 2.13. The Morgan fingerprint density at radius 2 is 2.18 bits per heavy atom. The lowest BCUT2D eigenvalue weighted by molar-refractivity contribution is 0.413. The first-order valence-corrected chi connectivity index (χ1v) is 7.19. The SMILES string of the molecule is CNC(C)CCCCSc1cccc(OC)c1. The van der Waals surface area contributed by atoms with Crippen molar-refractivity contribution < 1.29 is 4.74 Å². The monoisotopic (exact) mass is 253 g/mol. The van der Waals surface area contributed by atoms with Crippen LogP contribution in [0.4, 0.5) is 0 Å². The van der Waals surface area contributed by atoms with E-state index >= 15 is 0 Å². The fourth-order valence-electron chi connectivity index (χ4n) is 1.58. The van der Waals surface area contributed by atoms with Gasteiger partial charge in [-0.1, -0.05) is 12.5 Å². The van der Waals surface area contributed by atoms with E-state index in [1.165, 1.54) is 29.9 Å². The molecule has 0 saturated carbocycles. The van der Waals surface area contributed by atoms with Crippen LogP contribution >= 0.6 is 11.8 Å². The molecule has 1 rings (SSSR count). The summed E-state index contributed by atoms with van der Waals surface area (Å²) < 4.78 is 5.21. The third-order valence-corrected chi connectivity index (χ3v) is 3.91. The molecular formula is C14H23NOS. The molecule has 1 atom stereocenters. The van der Waals surface area contributed by atoms with Gasteiger partial charge in [0.15, 0.2) is 0 Å². The lowest BCUT2D eigenvalue weighted by atomic mass is 10.1. The molecule has 0 aromatic heterocycles. The van der Waals surface area contributed by atoms with E-state index in [4.69, 9.17) is 4.74 Å². The molecule has 0 fully saturated rings. The van der Waals surface area contributed by atoms with E-state index in [2.05, 4.69) is 24.4 Å². The number of hydrogen-bond donors (Lipinski definition) is 1. The van der Waals surface area contributed by atoms with Crippen LogP contribution in [0.5, 0.6) is 5.75 Å². The minimum atomic E-state index is 0.636. The fourth-order valence-corrected chi connectivity index (χ4v) is 2.54. The van der Waals surface area contributed by atoms with Crippen molar-refractivity contribution in [3.63, 3.8) is 0 Å². The zero-order valence-electron chi connectivity index (χ0n) is 11.0. The maximum absolute atomic E-state index is 5.21. The van der Waals surface area contributed by atoms with Crippen molar-refractivity contribution in [3.8, 4) is 5.75 Å². The smallest absolute Gasteiger partial charge is 0.119 e. The van der Waals surface area contributed by atoms with Crippen LogP contribution in [0.2, 0.25) is 0 Å². The van der Waals surface area contributed by atoms with Crippen LogP contribution < -0.4 is 10.1 Å². The lowest BCUT2D eigenvalue weighted by Crippen LogP contribution is -2.20. The van der Waals surface area contributed by atoms with Gasteiger partial charge in [0.05, 0.1) is 7.11 Å². The molecule has 1 aromatic carbocycles. The largest absolute Gasteiger partial charge is 0.497 e. The first kappa shape index (κ1) is 14.4. The molecular weight excluding hydrogens is 230 g/mol. The summed E-state index contributed by atoms with van der Waals surface area (Å²) in [5.41, 5.74) is 0. The van der Waals surface area contributed by atoms with E-state index in [9.17, 15) is 0 Å². The first-order valence-electron chi connectivity index (χ1n) is 6.20. The number of unbranched alkanes of at least 4 members (excludes halogenated alkanes) is 1. The van der Waals surface area contributed by atoms with Crippen LogP contribution in [-0.2, 0) is 0 Å². The number of hydrogen-bond acceptors (Lipinski definition) is 3. The van der Waals surface area contributed by atoms with Crippen molar-refractivity contribution in [3.05, 3.63) is 24.3 Å². The van der Waals surface area contributed by atoms with Crippen molar-refractivity contribution >= 4 is 11.8 Å². The Balaban J connectivity index is 2.17. The molecule has 3 heteroatoms. The summed E-state index contributed by atoms with van der Waals surface area (Å²) >= 11 is 1.91. The van der Waals surface area contributed by atoms with Gasteiger partial charge in [0.25, 0.3) is 0 Å². The number of thioether (sulfide) groups is 1. The van der Waals surface area contributed by atoms with Gasteiger partial charge in [-0.25, -0.2) is 0 Å². The van der Waals surface area contributed by atoms with Crippen LogP contribution in [0, 0.1) is 0 Å². The Bertz CT molecular complexity index is 317. The predicted molar refractivity (Wildman–Crippen MR) is 76.1 cm³/mol. The normalized spacial score (nSPS) is 12.4. The molecule has 0 heterocycles. The van der Waals surface area contributed by atoms with Gasteiger partial charge in [0.1, 0.15) is 5.75 Å². The van der Waals surface area contributed by atoms with Gasteiger partial charge in [0.2, 0.25) is 0 Å². The zero-order chi connectivity index (χ0) is 12.5. The Kier molecular flexibility index (Phi) is 7.13. The number of nitrogens with one attached hydrogen (secondary N) is 1. The molecule has 0 spiro atoms. The summed E-state index contributed by atoms with van der Waals surface area (Å²) in [6.45, 7) is 2.23. The van der Waals surface area contributed by atoms with E-state index in [1.54, 1.807) is 7.11 Å². The summed E-state index contributed by atoms with van der Waals surface area (Å²) in [6.07, 6.45) is 3.82. The van der Waals surface area contributed by atoms with Gasteiger partial charge in [-0.2, -0.15) is 0 Å². The predicted octanol–water partition coefficient (Wildman–Crippen LogP) is 3.57. The third kappa shape index (κ3) is 5.99. The number of methoxy groups -OCH3 is 1. The van der Waals surface area contributed by atoms with Crippen molar-refractivity contribution in [1.29, 1.82) is 0 Å². The minimum Gasteiger partial charge on any atom is -0.497 e. The van der Waals surface area contributed by atoms with Crippen LogP contribution in [0.3, 0.4) is 0 Å². The van der Waals surface area contributed by atoms with Gasteiger partial charge in [-0.05, 0) is 50.8 Å². The van der Waals surface area contributed by atoms with Crippen molar-refractivity contribution in [1.82, 2.24) is 5.32 Å². The summed E-state index contributed by atoms with van der Waals surface area (Å²) in [6, 6.07) is 8.91. The highest BCUT2D eigenvalue weighted by molar-refractivity contribution is 7.99. The molecule has 0 radical (unpaired) electrons. The van der Waals surface area contributed by atoms with Gasteiger partial charge < -0.3 is 10.1 Å². The molecule has 96 valence electrons. The average Bonchev–Trinajstić information content (AvgIpc) is 2.38. The van der Waals surface area contributed by atoms with E-state index in [-0.39, 0.29) is 0 Å². The zero-order valence-corrected chi connectivity index (χ0v) is 11.8. The van der Waals surface area contributed by atoms with Gasteiger partial charge in [0, 0.05) is 10.9 Å². The Morgan fingerprint density at radius 1 is 1.35 bits per heavy atom. The Labute approximate surface area is 109 Å². The second-order valence-corrected chi connectivity index (χ2v) is 5.38. The third-order valence-electron chi connectivity index (χ3n) is 2.83. The van der Waals surface area contributed by atoms with Gasteiger partial charge in [-0.15, -0.1) is 11.8 Å². The Morgan fingerprint density at radius 3 is 2.88 bits per heavy atom. The van der Waals surface area contributed by atoms with Crippen LogP contribution in [0.25, 0.3) is 0 Å². The highest BCUT2D eigenvalue weighted by Crippen LogP contribution is 2.23. The molecule has 0 bridgehead atoms. The minimum absolute atomic E-state index is 0.636. The van der Waals surface area contributed by atoms with Crippen LogP contribution in [0.1, 0.15) is 26.2 Å². The van der Waals surface area contributed by atoms with Crippen molar-refractivity contribution in [2.75, 3.05) is 19.9 Å².